The van der Waals surface area contributed by atoms with Gasteiger partial charge in [0.15, 0.2) is 5.96 Å². The summed E-state index contributed by atoms with van der Waals surface area (Å²) in [6, 6.07) is 15.5. The summed E-state index contributed by atoms with van der Waals surface area (Å²) in [4.78, 5) is 36.7. The molecule has 15 heteroatoms. The lowest BCUT2D eigenvalue weighted by molar-refractivity contribution is -0.274. The normalized spacial score (nSPS) is 13.0. The summed E-state index contributed by atoms with van der Waals surface area (Å²) in [5.41, 5.74) is 7.07. The molecule has 0 amide bonds. The average molecular weight is 618 g/mol. The quantitative estimate of drug-likeness (QED) is 0.272. The summed E-state index contributed by atoms with van der Waals surface area (Å²) < 4.78 is 57.1. The molecule has 0 unspecified atom stereocenters. The Morgan fingerprint density at radius 1 is 0.953 bits per heavy atom. The van der Waals surface area contributed by atoms with Crippen molar-refractivity contribution in [2.75, 3.05) is 18.4 Å². The second-order valence-corrected chi connectivity index (χ2v) is 10.0. The summed E-state index contributed by atoms with van der Waals surface area (Å²) in [6.07, 6.45) is -4.86. The van der Waals surface area contributed by atoms with E-state index >= 15 is 0 Å². The highest BCUT2D eigenvalue weighted by molar-refractivity contribution is 6.30. The second kappa shape index (κ2) is 12.2. The molecule has 0 radical (unpaired) electrons. The molecule has 0 saturated heterocycles. The number of hydrogen-bond acceptors (Lipinski definition) is 8. The number of rotatable bonds is 9. The van der Waals surface area contributed by atoms with Crippen LogP contribution in [0.1, 0.15) is 16.7 Å². The molecular weight excluding hydrogens is 594 g/mol. The zero-order valence-electron chi connectivity index (χ0n) is 22.3. The Hall–Kier alpha value is -4.85. The first-order chi connectivity index (χ1) is 20.4. The number of fused-ring (bicyclic) bond motifs is 1. The highest BCUT2D eigenvalue weighted by Gasteiger charge is 2.31. The molecule has 4 aromatic rings. The molecule has 224 valence electrons. The van der Waals surface area contributed by atoms with E-state index < -0.39 is 29.3 Å². The molecule has 0 bridgehead atoms. The zero-order chi connectivity index (χ0) is 30.7. The molecule has 1 aliphatic heterocycles. The van der Waals surface area contributed by atoms with Gasteiger partial charge in [-0.3, -0.25) is 4.57 Å². The fourth-order valence-electron chi connectivity index (χ4n) is 4.46. The van der Waals surface area contributed by atoms with Gasteiger partial charge in [-0.15, -0.1) is 13.2 Å². The first-order valence-electron chi connectivity index (χ1n) is 12.9. The number of nitrogens with two attached hydrogens (primary N) is 1. The Labute approximate surface area is 246 Å². The molecule has 0 atom stereocenters. The van der Waals surface area contributed by atoms with Crippen molar-refractivity contribution in [2.45, 2.75) is 26.0 Å². The molecule has 5 rings (SSSR count). The van der Waals surface area contributed by atoms with E-state index in [0.717, 1.165) is 22.3 Å². The number of ether oxygens (including phenoxy) is 1. The molecule has 2 heterocycles. The number of halogens is 5. The van der Waals surface area contributed by atoms with Crippen LogP contribution < -0.4 is 27.2 Å². The van der Waals surface area contributed by atoms with E-state index in [-0.39, 0.29) is 31.5 Å². The topological polar surface area (TPSA) is 120 Å². The van der Waals surface area contributed by atoms with E-state index in [2.05, 4.69) is 20.0 Å². The van der Waals surface area contributed by atoms with Gasteiger partial charge in [0.1, 0.15) is 11.6 Å². The van der Waals surface area contributed by atoms with E-state index in [9.17, 15) is 27.2 Å². The third-order valence-corrected chi connectivity index (χ3v) is 6.76. The Bertz CT molecular complexity index is 1770. The number of aromatic nitrogens is 3. The van der Waals surface area contributed by atoms with Crippen LogP contribution >= 0.6 is 11.6 Å². The predicted molar refractivity (Wildman–Crippen MR) is 152 cm³/mol. The molecule has 3 aromatic carbocycles. The van der Waals surface area contributed by atoms with Crippen molar-refractivity contribution in [3.63, 3.8) is 0 Å². The predicted octanol–water partition coefficient (Wildman–Crippen LogP) is 4.07. The van der Waals surface area contributed by atoms with Gasteiger partial charge in [0.25, 0.3) is 0 Å². The molecule has 0 saturated carbocycles. The number of anilines is 1. The van der Waals surface area contributed by atoms with Crippen LogP contribution in [-0.4, -0.2) is 44.4 Å². The Morgan fingerprint density at radius 3 is 2.28 bits per heavy atom. The molecular formula is C28H24ClF4N7O3. The van der Waals surface area contributed by atoms with Crippen molar-refractivity contribution >= 4 is 29.2 Å². The molecule has 0 spiro atoms. The van der Waals surface area contributed by atoms with Crippen molar-refractivity contribution in [1.82, 2.24) is 19.0 Å². The second-order valence-electron chi connectivity index (χ2n) is 9.58. The van der Waals surface area contributed by atoms with E-state index in [1.165, 1.54) is 41.0 Å². The summed E-state index contributed by atoms with van der Waals surface area (Å²) in [5, 5.41) is 3.55. The molecule has 0 fully saturated rings. The Morgan fingerprint density at radius 2 is 1.60 bits per heavy atom. The lowest BCUT2D eigenvalue weighted by Gasteiger charge is -2.28. The third kappa shape index (κ3) is 7.33. The van der Waals surface area contributed by atoms with Crippen LogP contribution in [0.2, 0.25) is 5.02 Å². The van der Waals surface area contributed by atoms with Crippen LogP contribution in [0.4, 0.5) is 29.2 Å². The molecule has 1 aromatic heterocycles. The lowest BCUT2D eigenvalue weighted by Crippen LogP contribution is -2.44. The van der Waals surface area contributed by atoms with Gasteiger partial charge in [0, 0.05) is 24.7 Å². The largest absolute Gasteiger partial charge is 0.573 e. The highest BCUT2D eigenvalue weighted by Crippen LogP contribution is 2.28. The van der Waals surface area contributed by atoms with Crippen molar-refractivity contribution in [3.8, 4) is 5.75 Å². The van der Waals surface area contributed by atoms with Crippen molar-refractivity contribution in [3.05, 3.63) is 115 Å². The number of nitrogens with one attached hydrogen (secondary N) is 1. The lowest BCUT2D eigenvalue weighted by atomic mass is 10.1. The van der Waals surface area contributed by atoms with Gasteiger partial charge in [0.2, 0.25) is 5.95 Å². The van der Waals surface area contributed by atoms with Crippen molar-refractivity contribution in [2.24, 2.45) is 10.7 Å². The minimum atomic E-state index is -4.86. The van der Waals surface area contributed by atoms with Crippen LogP contribution in [0, 0.1) is 5.82 Å². The maximum atomic E-state index is 13.6. The standard InChI is InChI=1S/C28H24ClF4N7O3/c29-20-5-10-23-19(13-20)16-38(24(34)36-23)12-11-35-25-37-26(41)40(15-17-1-6-21(30)7-2-17)27(42)39(25)14-18-3-8-22(9-4-18)43-28(31,32)33/h1-10,13H,11-12,14-16H2,(H2,34,36)(H,35,37,41). The number of guanidine groups is 1. The van der Waals surface area contributed by atoms with Gasteiger partial charge in [-0.2, -0.15) is 4.98 Å². The number of alkyl halides is 3. The fraction of sp³-hybridized carbons (Fsp3) is 0.214. The van der Waals surface area contributed by atoms with E-state index in [1.54, 1.807) is 23.1 Å². The minimum Gasteiger partial charge on any atom is -0.406 e. The van der Waals surface area contributed by atoms with Crippen LogP contribution in [0.15, 0.2) is 81.3 Å². The Kier molecular flexibility index (Phi) is 8.39. The zero-order valence-corrected chi connectivity index (χ0v) is 23.1. The van der Waals surface area contributed by atoms with Gasteiger partial charge >= 0.3 is 17.7 Å². The SMILES string of the molecule is NC1=Nc2ccc(Cl)cc2CN1CCNc1nc(=O)n(Cc2ccc(F)cc2)c(=O)n1Cc1ccc(OC(F)(F)F)cc1. The number of hydrogen-bond donors (Lipinski definition) is 2. The Balaban J connectivity index is 1.40. The van der Waals surface area contributed by atoms with Crippen LogP contribution in [0.3, 0.4) is 0 Å². The summed E-state index contributed by atoms with van der Waals surface area (Å²) in [5.74, 6) is -0.685. The van der Waals surface area contributed by atoms with Crippen LogP contribution in [0.5, 0.6) is 5.75 Å². The first kappa shape index (κ1) is 29.6. The first-order valence-corrected chi connectivity index (χ1v) is 13.3. The number of nitrogens with zero attached hydrogens (tertiary/aromatic N) is 5. The summed E-state index contributed by atoms with van der Waals surface area (Å²) in [7, 11) is 0. The fourth-order valence-corrected chi connectivity index (χ4v) is 4.66. The van der Waals surface area contributed by atoms with Crippen LogP contribution in [0.25, 0.3) is 0 Å². The van der Waals surface area contributed by atoms with Crippen molar-refractivity contribution in [1.29, 1.82) is 0 Å². The average Bonchev–Trinajstić information content (AvgIpc) is 2.94. The van der Waals surface area contributed by atoms with Crippen molar-refractivity contribution < 1.29 is 22.3 Å². The van der Waals surface area contributed by atoms with E-state index in [4.69, 9.17) is 17.3 Å². The van der Waals surface area contributed by atoms with E-state index in [0.29, 0.717) is 34.9 Å². The third-order valence-electron chi connectivity index (χ3n) is 6.53. The van der Waals surface area contributed by atoms with Gasteiger partial charge in [-0.05, 0) is 59.2 Å². The smallest absolute Gasteiger partial charge is 0.406 e. The van der Waals surface area contributed by atoms with Gasteiger partial charge in [-0.1, -0.05) is 35.9 Å². The maximum Gasteiger partial charge on any atom is 0.573 e. The minimum absolute atomic E-state index is 0.0584. The molecule has 3 N–H and O–H groups in total. The monoisotopic (exact) mass is 617 g/mol. The number of aliphatic imine (C=N–C) groups is 1. The molecule has 43 heavy (non-hydrogen) atoms. The van der Waals surface area contributed by atoms with Crippen LogP contribution in [-0.2, 0) is 19.6 Å². The van der Waals surface area contributed by atoms with E-state index in [1.807, 2.05) is 0 Å². The summed E-state index contributed by atoms with van der Waals surface area (Å²) >= 11 is 6.11. The summed E-state index contributed by atoms with van der Waals surface area (Å²) in [6.45, 7) is 0.631. The van der Waals surface area contributed by atoms with Gasteiger partial charge < -0.3 is 20.7 Å². The molecule has 0 aliphatic carbocycles. The molecule has 1 aliphatic rings. The maximum absolute atomic E-state index is 13.6. The molecule has 10 nitrogen and oxygen atoms in total. The number of benzene rings is 3. The van der Waals surface area contributed by atoms with Gasteiger partial charge in [0.05, 0.1) is 18.8 Å². The highest BCUT2D eigenvalue weighted by atomic mass is 35.5. The van der Waals surface area contributed by atoms with Gasteiger partial charge in [-0.25, -0.2) is 23.5 Å².